The zero-order valence-electron chi connectivity index (χ0n) is 11.7. The molecule has 10 heteroatoms. The van der Waals surface area contributed by atoms with E-state index in [0.29, 0.717) is 0 Å². The van der Waals surface area contributed by atoms with E-state index < -0.39 is 42.4 Å². The Morgan fingerprint density at radius 3 is 2.65 bits per heavy atom. The molecule has 3 heterocycles. The Bertz CT molecular complexity index is 850. The van der Waals surface area contributed by atoms with Crippen LogP contribution in [-0.4, -0.2) is 54.2 Å². The van der Waals surface area contributed by atoms with Gasteiger partial charge in [0, 0.05) is 18.0 Å². The predicted octanol–water partition coefficient (Wildman–Crippen LogP) is -1.79. The van der Waals surface area contributed by atoms with Gasteiger partial charge in [0.05, 0.1) is 12.5 Å². The van der Waals surface area contributed by atoms with E-state index in [2.05, 4.69) is 4.98 Å². The summed E-state index contributed by atoms with van der Waals surface area (Å²) in [4.78, 5) is 27.8. The van der Waals surface area contributed by atoms with E-state index in [0.717, 1.165) is 15.0 Å². The van der Waals surface area contributed by atoms with E-state index >= 15 is 0 Å². The molecule has 3 N–H and O–H groups in total. The smallest absolute Gasteiger partial charge is 0.336 e. The summed E-state index contributed by atoms with van der Waals surface area (Å²) in [6.07, 6.45) is -3.61. The van der Waals surface area contributed by atoms with Gasteiger partial charge in [0.2, 0.25) is 0 Å². The number of hydrogen-bond acceptors (Lipinski definition) is 7. The van der Waals surface area contributed by atoms with Gasteiger partial charge in [-0.2, -0.15) is 4.98 Å². The molecular formula is C13H14ClN3O6. The van der Waals surface area contributed by atoms with Crippen molar-refractivity contribution in [1.29, 1.82) is 0 Å². The minimum Gasteiger partial charge on any atom is -0.394 e. The molecule has 0 aromatic carbocycles. The van der Waals surface area contributed by atoms with Crippen LogP contribution in [0.5, 0.6) is 0 Å². The first kappa shape index (κ1) is 16.1. The van der Waals surface area contributed by atoms with Crippen molar-refractivity contribution in [2.75, 3.05) is 6.61 Å². The predicted molar refractivity (Wildman–Crippen MR) is 78.3 cm³/mol. The molecule has 2 unspecified atom stereocenters. The third-order valence-electron chi connectivity index (χ3n) is 3.76. The molecule has 1 aliphatic heterocycles. The Balaban J connectivity index is 2.17. The van der Waals surface area contributed by atoms with Crippen LogP contribution in [0.25, 0.3) is 5.65 Å². The van der Waals surface area contributed by atoms with Crippen LogP contribution < -0.4 is 11.2 Å². The summed E-state index contributed by atoms with van der Waals surface area (Å²) in [5.41, 5.74) is -0.805. The highest BCUT2D eigenvalue weighted by molar-refractivity contribution is 6.16. The molecular weight excluding hydrogens is 330 g/mol. The highest BCUT2D eigenvalue weighted by atomic mass is 35.5. The molecule has 0 spiro atoms. The van der Waals surface area contributed by atoms with Crippen LogP contribution in [0, 0.1) is 0 Å². The quantitative estimate of drug-likeness (QED) is 0.562. The SMILES string of the molecule is O=c1cc(CCl)n2c(=O)n([C@@H]3O[C@H](CO)C(O)C3O)ccc2n1. The summed E-state index contributed by atoms with van der Waals surface area (Å²) in [5, 5.41) is 29.0. The minimum atomic E-state index is -1.39. The number of hydrogen-bond donors (Lipinski definition) is 3. The van der Waals surface area contributed by atoms with Gasteiger partial charge in [-0.1, -0.05) is 0 Å². The number of aromatic nitrogens is 3. The molecule has 9 nitrogen and oxygen atoms in total. The van der Waals surface area contributed by atoms with Crippen molar-refractivity contribution >= 4 is 17.2 Å². The largest absolute Gasteiger partial charge is 0.394 e. The molecule has 0 amide bonds. The van der Waals surface area contributed by atoms with Crippen molar-refractivity contribution in [3.63, 3.8) is 0 Å². The van der Waals surface area contributed by atoms with Crippen molar-refractivity contribution in [1.82, 2.24) is 14.0 Å². The molecule has 0 radical (unpaired) electrons. The molecule has 1 aliphatic rings. The first-order valence-corrected chi connectivity index (χ1v) is 7.33. The summed E-state index contributed by atoms with van der Waals surface area (Å²) in [6.45, 7) is -0.502. The van der Waals surface area contributed by atoms with Gasteiger partial charge in [-0.25, -0.2) is 9.20 Å². The molecule has 0 saturated carbocycles. The maximum atomic E-state index is 12.6. The first-order valence-electron chi connectivity index (χ1n) is 6.80. The van der Waals surface area contributed by atoms with Crippen LogP contribution >= 0.6 is 11.6 Å². The van der Waals surface area contributed by atoms with Gasteiger partial charge in [0.25, 0.3) is 5.56 Å². The molecule has 1 saturated heterocycles. The first-order chi connectivity index (χ1) is 11.0. The number of halogens is 1. The topological polar surface area (TPSA) is 126 Å². The molecule has 3 rings (SSSR count). The van der Waals surface area contributed by atoms with Gasteiger partial charge in [-0.3, -0.25) is 9.36 Å². The second kappa shape index (κ2) is 6.02. The summed E-state index contributed by atoms with van der Waals surface area (Å²) < 4.78 is 7.52. The van der Waals surface area contributed by atoms with Crippen molar-refractivity contribution in [2.45, 2.75) is 30.4 Å². The Kier molecular flexibility index (Phi) is 4.21. The third kappa shape index (κ3) is 2.56. The summed E-state index contributed by atoms with van der Waals surface area (Å²) in [6, 6.07) is 2.54. The number of ether oxygens (including phenoxy) is 1. The van der Waals surface area contributed by atoms with E-state index in [-0.39, 0.29) is 17.2 Å². The molecule has 124 valence electrons. The molecule has 1 fully saturated rings. The Morgan fingerprint density at radius 2 is 2.04 bits per heavy atom. The van der Waals surface area contributed by atoms with E-state index in [1.165, 1.54) is 12.3 Å². The maximum absolute atomic E-state index is 12.6. The summed E-state index contributed by atoms with van der Waals surface area (Å²) in [5.74, 6) is -0.0891. The standard InChI is InChI=1S/C13H14ClN3O6/c14-4-6-3-9(19)15-8-1-2-16(13(22)17(6)8)12-11(21)10(20)7(5-18)23-12/h1-3,7,10-12,18,20-21H,4-5H2/t7-,10?,11?,12-/m1/s1. The van der Waals surface area contributed by atoms with Gasteiger partial charge in [-0.15, -0.1) is 11.6 Å². The van der Waals surface area contributed by atoms with Gasteiger partial charge in [0.15, 0.2) is 6.23 Å². The number of fused-ring (bicyclic) bond motifs is 1. The Labute approximate surface area is 134 Å². The average molecular weight is 344 g/mol. The number of nitrogens with zero attached hydrogens (tertiary/aromatic N) is 3. The van der Waals surface area contributed by atoms with E-state index in [4.69, 9.17) is 21.4 Å². The molecule has 2 aromatic heterocycles. The molecule has 2 aromatic rings. The van der Waals surface area contributed by atoms with Crippen molar-refractivity contribution in [3.05, 3.63) is 44.9 Å². The zero-order valence-corrected chi connectivity index (χ0v) is 12.5. The van der Waals surface area contributed by atoms with Crippen molar-refractivity contribution in [3.8, 4) is 0 Å². The Hall–Kier alpha value is -1.78. The van der Waals surface area contributed by atoms with E-state index in [1.807, 2.05) is 0 Å². The minimum absolute atomic E-state index is 0.0891. The van der Waals surface area contributed by atoms with Crippen LogP contribution in [0.15, 0.2) is 27.9 Å². The van der Waals surface area contributed by atoms with Crippen molar-refractivity contribution < 1.29 is 20.1 Å². The highest BCUT2D eigenvalue weighted by Crippen LogP contribution is 2.28. The lowest BCUT2D eigenvalue weighted by Gasteiger charge is -2.18. The maximum Gasteiger partial charge on any atom is 0.336 e. The lowest BCUT2D eigenvalue weighted by atomic mass is 10.1. The van der Waals surface area contributed by atoms with Gasteiger partial charge >= 0.3 is 5.69 Å². The number of aliphatic hydroxyl groups excluding tert-OH is 3. The fourth-order valence-corrected chi connectivity index (χ4v) is 2.81. The Morgan fingerprint density at radius 1 is 1.30 bits per heavy atom. The normalized spacial score (nSPS) is 27.7. The van der Waals surface area contributed by atoms with Gasteiger partial charge in [-0.05, 0) is 6.07 Å². The number of rotatable bonds is 3. The van der Waals surface area contributed by atoms with Crippen LogP contribution in [-0.2, 0) is 10.6 Å². The van der Waals surface area contributed by atoms with E-state index in [9.17, 15) is 19.8 Å². The van der Waals surface area contributed by atoms with Crippen LogP contribution in [0.4, 0.5) is 0 Å². The third-order valence-corrected chi connectivity index (χ3v) is 4.03. The molecule has 23 heavy (non-hydrogen) atoms. The number of aliphatic hydroxyl groups is 3. The van der Waals surface area contributed by atoms with Crippen LogP contribution in [0.2, 0.25) is 0 Å². The lowest BCUT2D eigenvalue weighted by molar-refractivity contribution is -0.0551. The van der Waals surface area contributed by atoms with Gasteiger partial charge in [0.1, 0.15) is 24.0 Å². The lowest BCUT2D eigenvalue weighted by Crippen LogP contribution is -2.38. The highest BCUT2D eigenvalue weighted by Gasteiger charge is 2.43. The fourth-order valence-electron chi connectivity index (χ4n) is 2.61. The number of alkyl halides is 1. The molecule has 4 atom stereocenters. The summed E-state index contributed by atoms with van der Waals surface area (Å²) >= 11 is 5.77. The van der Waals surface area contributed by atoms with Crippen LogP contribution in [0.1, 0.15) is 11.9 Å². The molecule has 0 bridgehead atoms. The zero-order chi connectivity index (χ0) is 16.7. The fraction of sp³-hybridized carbons (Fsp3) is 0.462. The van der Waals surface area contributed by atoms with Crippen molar-refractivity contribution in [2.24, 2.45) is 0 Å². The second-order valence-corrected chi connectivity index (χ2v) is 5.41. The second-order valence-electron chi connectivity index (χ2n) is 5.15. The van der Waals surface area contributed by atoms with Crippen LogP contribution in [0.3, 0.4) is 0 Å². The summed E-state index contributed by atoms with van der Waals surface area (Å²) in [7, 11) is 0. The average Bonchev–Trinajstić information content (AvgIpc) is 2.82. The van der Waals surface area contributed by atoms with Gasteiger partial charge < -0.3 is 20.1 Å². The monoisotopic (exact) mass is 343 g/mol. The molecule has 0 aliphatic carbocycles. The van der Waals surface area contributed by atoms with E-state index in [1.54, 1.807) is 0 Å².